The molecule has 0 bridgehead atoms. The second kappa shape index (κ2) is 7.33. The van der Waals surface area contributed by atoms with Crippen LogP contribution in [0.1, 0.15) is 16.8 Å². The monoisotopic (exact) mass is 297 g/mol. The number of nitrogens with one attached hydrogen (secondary N) is 1. The highest BCUT2D eigenvalue weighted by Gasteiger charge is 2.32. The van der Waals surface area contributed by atoms with Crippen molar-refractivity contribution < 1.29 is 19.0 Å². The molecule has 0 saturated carbocycles. The van der Waals surface area contributed by atoms with Gasteiger partial charge in [-0.3, -0.25) is 4.79 Å². The number of aliphatic hydroxyl groups is 1. The summed E-state index contributed by atoms with van der Waals surface area (Å²) in [6, 6.07) is 3.06. The molecule has 2 atom stereocenters. The second-order valence-corrected chi connectivity index (χ2v) is 4.98. The summed E-state index contributed by atoms with van der Waals surface area (Å²) in [5.41, 5.74) is 0.436. The summed E-state index contributed by atoms with van der Waals surface area (Å²) in [4.78, 5) is 17.7. The van der Waals surface area contributed by atoms with Crippen LogP contribution in [0.5, 0.6) is 0 Å². The molecule has 21 heavy (non-hydrogen) atoms. The highest BCUT2D eigenvalue weighted by molar-refractivity contribution is 5.94. The number of aromatic nitrogens is 1. The maximum atomic E-state index is 13.4. The Kier molecular flexibility index (Phi) is 5.46. The lowest BCUT2D eigenvalue weighted by atomic mass is 10.2. The topological polar surface area (TPSA) is 74.7 Å². The van der Waals surface area contributed by atoms with Crippen LogP contribution in [-0.2, 0) is 4.74 Å². The molecule has 7 heteroatoms. The van der Waals surface area contributed by atoms with Gasteiger partial charge in [0.05, 0.1) is 31.4 Å². The minimum Gasteiger partial charge on any atom is -0.394 e. The molecule has 2 rings (SSSR count). The van der Waals surface area contributed by atoms with Crippen LogP contribution in [0.3, 0.4) is 0 Å². The summed E-state index contributed by atoms with van der Waals surface area (Å²) in [6.45, 7) is 0.986. The Labute approximate surface area is 122 Å². The Morgan fingerprint density at radius 2 is 2.43 bits per heavy atom. The predicted molar refractivity (Wildman–Crippen MR) is 76.2 cm³/mol. The van der Waals surface area contributed by atoms with Crippen molar-refractivity contribution in [3.63, 3.8) is 0 Å². The summed E-state index contributed by atoms with van der Waals surface area (Å²) >= 11 is 0. The molecular weight excluding hydrogens is 277 g/mol. The Balaban J connectivity index is 2.00. The molecule has 2 heterocycles. The number of ether oxygens (including phenoxy) is 1. The van der Waals surface area contributed by atoms with Gasteiger partial charge in [-0.1, -0.05) is 0 Å². The summed E-state index contributed by atoms with van der Waals surface area (Å²) in [6.07, 6.45) is 0.801. The highest BCUT2D eigenvalue weighted by Crippen LogP contribution is 2.25. The van der Waals surface area contributed by atoms with Crippen molar-refractivity contribution in [3.05, 3.63) is 23.9 Å². The first-order valence-electron chi connectivity index (χ1n) is 6.90. The number of rotatable bonds is 6. The number of aliphatic hydroxyl groups excluding tert-OH is 1. The van der Waals surface area contributed by atoms with Crippen LogP contribution in [-0.4, -0.2) is 61.6 Å². The minimum absolute atomic E-state index is 0.110. The average molecular weight is 297 g/mol. The largest absolute Gasteiger partial charge is 0.394 e. The Morgan fingerprint density at radius 1 is 1.62 bits per heavy atom. The van der Waals surface area contributed by atoms with E-state index < -0.39 is 6.17 Å². The van der Waals surface area contributed by atoms with E-state index in [9.17, 15) is 14.3 Å². The number of pyridine rings is 1. The van der Waals surface area contributed by atoms with Gasteiger partial charge in [0.15, 0.2) is 0 Å². The fourth-order valence-corrected chi connectivity index (χ4v) is 2.37. The van der Waals surface area contributed by atoms with Crippen LogP contribution in [0.4, 0.5) is 10.2 Å². The van der Waals surface area contributed by atoms with Gasteiger partial charge >= 0.3 is 0 Å². The van der Waals surface area contributed by atoms with Gasteiger partial charge in [-0.05, 0) is 12.1 Å². The molecule has 0 radical (unpaired) electrons. The van der Waals surface area contributed by atoms with E-state index >= 15 is 0 Å². The van der Waals surface area contributed by atoms with E-state index in [4.69, 9.17) is 4.74 Å². The van der Waals surface area contributed by atoms with Crippen molar-refractivity contribution in [2.45, 2.75) is 18.6 Å². The number of amides is 1. The number of halogens is 1. The van der Waals surface area contributed by atoms with Gasteiger partial charge in [-0.2, -0.15) is 0 Å². The first kappa shape index (κ1) is 15.7. The quantitative estimate of drug-likeness (QED) is 0.742. The van der Waals surface area contributed by atoms with Crippen LogP contribution in [0, 0.1) is 0 Å². The van der Waals surface area contributed by atoms with Crippen molar-refractivity contribution in [1.82, 2.24) is 10.3 Å². The number of carbonyl (C=O) groups excluding carboxylic acids is 1. The lowest BCUT2D eigenvalue weighted by Crippen LogP contribution is -2.33. The van der Waals surface area contributed by atoms with E-state index in [0.717, 1.165) is 0 Å². The van der Waals surface area contributed by atoms with Crippen molar-refractivity contribution in [1.29, 1.82) is 0 Å². The molecule has 0 spiro atoms. The highest BCUT2D eigenvalue weighted by atomic mass is 19.1. The van der Waals surface area contributed by atoms with E-state index in [1.807, 2.05) is 0 Å². The molecule has 1 aromatic rings. The Hall–Kier alpha value is -1.73. The van der Waals surface area contributed by atoms with Crippen molar-refractivity contribution in [3.8, 4) is 0 Å². The van der Waals surface area contributed by atoms with Crippen LogP contribution in [0.2, 0.25) is 0 Å². The summed E-state index contributed by atoms with van der Waals surface area (Å²) < 4.78 is 18.3. The maximum absolute atomic E-state index is 13.4. The van der Waals surface area contributed by atoms with Gasteiger partial charge in [0.2, 0.25) is 0 Å². The van der Waals surface area contributed by atoms with Crippen LogP contribution < -0.4 is 10.2 Å². The molecule has 0 unspecified atom stereocenters. The zero-order valence-corrected chi connectivity index (χ0v) is 12.0. The normalized spacial score (nSPS) is 21.6. The van der Waals surface area contributed by atoms with Gasteiger partial charge in [0.1, 0.15) is 12.0 Å². The molecule has 1 amide bonds. The van der Waals surface area contributed by atoms with Crippen LogP contribution >= 0.6 is 0 Å². The number of hydrogen-bond donors (Lipinski definition) is 2. The van der Waals surface area contributed by atoms with Crippen LogP contribution in [0.15, 0.2) is 18.3 Å². The van der Waals surface area contributed by atoms with Crippen molar-refractivity contribution in [2.24, 2.45) is 0 Å². The molecule has 0 aliphatic carbocycles. The van der Waals surface area contributed by atoms with Crippen molar-refractivity contribution in [2.75, 3.05) is 38.3 Å². The number of hydrogen-bond acceptors (Lipinski definition) is 5. The third-order valence-electron chi connectivity index (χ3n) is 3.47. The minimum atomic E-state index is -0.957. The third kappa shape index (κ3) is 3.89. The standard InChI is InChI=1S/C14H20FN3O3/c1-21-5-4-16-14(20)10-2-3-13(17-7-10)18-8-11(15)6-12(18)9-19/h2-3,7,11-12,19H,4-6,8-9H2,1H3,(H,16,20)/t11-,12-/m0/s1. The van der Waals surface area contributed by atoms with E-state index in [1.54, 1.807) is 24.1 Å². The smallest absolute Gasteiger partial charge is 0.252 e. The van der Waals surface area contributed by atoms with Gasteiger partial charge < -0.3 is 20.1 Å². The zero-order valence-electron chi connectivity index (χ0n) is 12.0. The van der Waals surface area contributed by atoms with E-state index in [0.29, 0.717) is 31.0 Å². The molecule has 1 aliphatic heterocycles. The Bertz CT molecular complexity index is 469. The van der Waals surface area contributed by atoms with E-state index in [2.05, 4.69) is 10.3 Å². The molecule has 1 fully saturated rings. The molecule has 0 aromatic carbocycles. The predicted octanol–water partition coefficient (Wildman–Crippen LogP) is 0.367. The van der Waals surface area contributed by atoms with Gasteiger partial charge in [0, 0.05) is 26.3 Å². The Morgan fingerprint density at radius 3 is 3.05 bits per heavy atom. The lowest BCUT2D eigenvalue weighted by molar-refractivity contribution is 0.0936. The SMILES string of the molecule is COCCNC(=O)c1ccc(N2C[C@@H](F)C[C@H]2CO)nc1. The number of carbonyl (C=O) groups is 1. The number of nitrogens with zero attached hydrogens (tertiary/aromatic N) is 2. The fraction of sp³-hybridized carbons (Fsp3) is 0.571. The summed E-state index contributed by atoms with van der Waals surface area (Å²) in [5.74, 6) is 0.345. The zero-order chi connectivity index (χ0) is 15.2. The second-order valence-electron chi connectivity index (χ2n) is 4.98. The van der Waals surface area contributed by atoms with E-state index in [1.165, 1.54) is 6.20 Å². The number of alkyl halides is 1. The molecule has 2 N–H and O–H groups in total. The van der Waals surface area contributed by atoms with Crippen molar-refractivity contribution >= 4 is 11.7 Å². The molecule has 1 aliphatic rings. The lowest BCUT2D eigenvalue weighted by Gasteiger charge is -2.23. The molecule has 6 nitrogen and oxygen atoms in total. The van der Waals surface area contributed by atoms with Gasteiger partial charge in [0.25, 0.3) is 5.91 Å². The number of methoxy groups -OCH3 is 1. The maximum Gasteiger partial charge on any atom is 0.252 e. The van der Waals surface area contributed by atoms with E-state index in [-0.39, 0.29) is 25.1 Å². The molecular formula is C14H20FN3O3. The number of anilines is 1. The summed E-state index contributed by atoms with van der Waals surface area (Å²) in [5, 5.41) is 12.0. The first-order valence-corrected chi connectivity index (χ1v) is 6.90. The average Bonchev–Trinajstić information content (AvgIpc) is 2.88. The van der Waals surface area contributed by atoms with Crippen LogP contribution in [0.25, 0.3) is 0 Å². The fourth-order valence-electron chi connectivity index (χ4n) is 2.37. The first-order chi connectivity index (χ1) is 10.2. The summed E-state index contributed by atoms with van der Waals surface area (Å²) in [7, 11) is 1.56. The third-order valence-corrected chi connectivity index (χ3v) is 3.47. The van der Waals surface area contributed by atoms with Gasteiger partial charge in [-0.15, -0.1) is 0 Å². The molecule has 116 valence electrons. The molecule has 1 saturated heterocycles. The molecule has 1 aromatic heterocycles. The van der Waals surface area contributed by atoms with Gasteiger partial charge in [-0.25, -0.2) is 9.37 Å².